The molecule has 0 unspecified atom stereocenters. The lowest BCUT2D eigenvalue weighted by molar-refractivity contribution is -0.117. The van der Waals surface area contributed by atoms with Crippen LogP contribution in [0.15, 0.2) is 76.3 Å². The average molecular weight is 401 g/mol. The Labute approximate surface area is 163 Å². The Bertz CT molecular complexity index is 1000. The van der Waals surface area contributed by atoms with Crippen LogP contribution in [0.5, 0.6) is 0 Å². The van der Waals surface area contributed by atoms with Crippen LogP contribution in [0.1, 0.15) is 11.1 Å². The molecule has 2 aromatic carbocycles. The van der Waals surface area contributed by atoms with Crippen LogP contribution >= 0.6 is 11.3 Å². The molecule has 0 saturated heterocycles. The largest absolute Gasteiger partial charge is 0.325 e. The molecule has 3 rings (SSSR count). The fourth-order valence-electron chi connectivity index (χ4n) is 2.65. The van der Waals surface area contributed by atoms with Crippen molar-refractivity contribution in [3.8, 4) is 0 Å². The first kappa shape index (κ1) is 19.3. The molecule has 0 saturated carbocycles. The summed E-state index contributed by atoms with van der Waals surface area (Å²) in [5, 5.41) is 4.50. The quantitative estimate of drug-likeness (QED) is 0.636. The standard InChI is InChI=1S/C20H20N2O3S2/c1-15-7-5-10-17(13-15)21-20(23)18(14-16-8-3-2-4-9-16)22-27(24,25)19-11-6-12-26-19/h2-13,18,22H,14H2,1H3,(H,21,23)/t18-/m1/s1. The van der Waals surface area contributed by atoms with Gasteiger partial charge in [0.05, 0.1) is 0 Å². The first-order valence-electron chi connectivity index (χ1n) is 8.41. The molecule has 27 heavy (non-hydrogen) atoms. The summed E-state index contributed by atoms with van der Waals surface area (Å²) in [5.41, 5.74) is 2.51. The minimum atomic E-state index is -3.77. The van der Waals surface area contributed by atoms with E-state index in [-0.39, 0.29) is 10.6 Å². The maximum absolute atomic E-state index is 12.8. The van der Waals surface area contributed by atoms with Gasteiger partial charge in [0.15, 0.2) is 0 Å². The Morgan fingerprint density at radius 3 is 2.48 bits per heavy atom. The van der Waals surface area contributed by atoms with E-state index in [0.717, 1.165) is 22.5 Å². The van der Waals surface area contributed by atoms with E-state index in [1.54, 1.807) is 17.5 Å². The van der Waals surface area contributed by atoms with Gasteiger partial charge in [-0.2, -0.15) is 4.72 Å². The van der Waals surface area contributed by atoms with Crippen molar-refractivity contribution in [2.45, 2.75) is 23.6 Å². The predicted molar refractivity (Wildman–Crippen MR) is 108 cm³/mol. The van der Waals surface area contributed by atoms with Crippen molar-refractivity contribution >= 4 is 33.0 Å². The van der Waals surface area contributed by atoms with E-state index in [2.05, 4.69) is 10.0 Å². The van der Waals surface area contributed by atoms with Gasteiger partial charge in [-0.05, 0) is 48.1 Å². The maximum atomic E-state index is 12.8. The molecule has 1 aromatic heterocycles. The van der Waals surface area contributed by atoms with Crippen LogP contribution in [0.25, 0.3) is 0 Å². The highest BCUT2D eigenvalue weighted by molar-refractivity contribution is 7.91. The molecule has 140 valence electrons. The zero-order chi connectivity index (χ0) is 19.3. The third-order valence-corrected chi connectivity index (χ3v) is 6.81. The number of nitrogens with one attached hydrogen (secondary N) is 2. The normalized spacial score (nSPS) is 12.5. The van der Waals surface area contributed by atoms with Gasteiger partial charge in [-0.25, -0.2) is 8.42 Å². The van der Waals surface area contributed by atoms with E-state index in [0.29, 0.717) is 5.69 Å². The molecule has 2 N–H and O–H groups in total. The zero-order valence-corrected chi connectivity index (χ0v) is 16.4. The summed E-state index contributed by atoms with van der Waals surface area (Å²) in [6, 6.07) is 19.0. The Morgan fingerprint density at radius 1 is 1.04 bits per heavy atom. The van der Waals surface area contributed by atoms with Crippen molar-refractivity contribution in [1.82, 2.24) is 4.72 Å². The number of anilines is 1. The Kier molecular flexibility index (Phi) is 6.05. The highest BCUT2D eigenvalue weighted by Gasteiger charge is 2.26. The molecule has 1 atom stereocenters. The second-order valence-corrected chi connectivity index (χ2v) is 9.04. The van der Waals surface area contributed by atoms with Crippen molar-refractivity contribution in [2.24, 2.45) is 0 Å². The monoisotopic (exact) mass is 400 g/mol. The molecule has 0 radical (unpaired) electrons. The lowest BCUT2D eigenvalue weighted by Gasteiger charge is -2.18. The van der Waals surface area contributed by atoms with E-state index in [1.165, 1.54) is 6.07 Å². The van der Waals surface area contributed by atoms with Gasteiger partial charge in [0, 0.05) is 5.69 Å². The minimum Gasteiger partial charge on any atom is -0.325 e. The second-order valence-electron chi connectivity index (χ2n) is 6.15. The summed E-state index contributed by atoms with van der Waals surface area (Å²) in [6.07, 6.45) is 0.253. The van der Waals surface area contributed by atoms with Gasteiger partial charge in [-0.3, -0.25) is 4.79 Å². The predicted octanol–water partition coefficient (Wildman–Crippen LogP) is 3.58. The number of carbonyl (C=O) groups is 1. The lowest BCUT2D eigenvalue weighted by Crippen LogP contribution is -2.45. The maximum Gasteiger partial charge on any atom is 0.250 e. The van der Waals surface area contributed by atoms with Gasteiger partial charge in [0.25, 0.3) is 10.0 Å². The zero-order valence-electron chi connectivity index (χ0n) is 14.8. The molecular formula is C20H20N2O3S2. The fraction of sp³-hybridized carbons (Fsp3) is 0.150. The van der Waals surface area contributed by atoms with Crippen LogP contribution in [0, 0.1) is 6.92 Å². The van der Waals surface area contributed by atoms with Crippen molar-refractivity contribution in [3.05, 3.63) is 83.2 Å². The number of benzene rings is 2. The number of rotatable bonds is 7. The average Bonchev–Trinajstić information content (AvgIpc) is 3.17. The summed E-state index contributed by atoms with van der Waals surface area (Å²) in [5.74, 6) is -0.399. The van der Waals surface area contributed by atoms with Crippen LogP contribution in [-0.2, 0) is 21.2 Å². The van der Waals surface area contributed by atoms with E-state index in [9.17, 15) is 13.2 Å². The van der Waals surface area contributed by atoms with Gasteiger partial charge in [-0.1, -0.05) is 48.5 Å². The molecule has 0 aliphatic rings. The minimum absolute atomic E-state index is 0.184. The number of sulfonamides is 1. The van der Waals surface area contributed by atoms with Crippen LogP contribution in [0.2, 0.25) is 0 Å². The Morgan fingerprint density at radius 2 is 1.81 bits per heavy atom. The molecule has 0 aliphatic carbocycles. The number of carbonyl (C=O) groups excluding carboxylic acids is 1. The van der Waals surface area contributed by atoms with Crippen molar-refractivity contribution < 1.29 is 13.2 Å². The molecule has 0 spiro atoms. The number of thiophene rings is 1. The molecular weight excluding hydrogens is 380 g/mol. The molecule has 0 bridgehead atoms. The SMILES string of the molecule is Cc1cccc(NC(=O)[C@@H](Cc2ccccc2)NS(=O)(=O)c2cccs2)c1. The molecule has 0 aliphatic heterocycles. The number of amides is 1. The van der Waals surface area contributed by atoms with E-state index < -0.39 is 22.0 Å². The number of hydrogen-bond acceptors (Lipinski definition) is 4. The summed E-state index contributed by atoms with van der Waals surface area (Å²) in [7, 11) is -3.77. The topological polar surface area (TPSA) is 75.3 Å². The third-order valence-electron chi connectivity index (χ3n) is 3.94. The summed E-state index contributed by atoms with van der Waals surface area (Å²) in [4.78, 5) is 12.8. The second kappa shape index (κ2) is 8.47. The Hall–Kier alpha value is -2.48. The van der Waals surface area contributed by atoms with Gasteiger partial charge >= 0.3 is 0 Å². The van der Waals surface area contributed by atoms with E-state index in [1.807, 2.05) is 55.5 Å². The summed E-state index contributed by atoms with van der Waals surface area (Å²) < 4.78 is 28.0. The highest BCUT2D eigenvalue weighted by atomic mass is 32.2. The first-order valence-corrected chi connectivity index (χ1v) is 10.8. The van der Waals surface area contributed by atoms with Crippen molar-refractivity contribution in [2.75, 3.05) is 5.32 Å². The van der Waals surface area contributed by atoms with Gasteiger partial charge in [0.2, 0.25) is 5.91 Å². The molecule has 1 amide bonds. The fourth-order valence-corrected chi connectivity index (χ4v) is 4.86. The van der Waals surface area contributed by atoms with Crippen molar-refractivity contribution in [3.63, 3.8) is 0 Å². The smallest absolute Gasteiger partial charge is 0.250 e. The van der Waals surface area contributed by atoms with Crippen LogP contribution < -0.4 is 10.0 Å². The lowest BCUT2D eigenvalue weighted by atomic mass is 10.1. The molecule has 1 heterocycles. The third kappa shape index (κ3) is 5.26. The van der Waals surface area contributed by atoms with Gasteiger partial charge in [-0.15, -0.1) is 11.3 Å². The van der Waals surface area contributed by atoms with Gasteiger partial charge in [0.1, 0.15) is 10.3 Å². The van der Waals surface area contributed by atoms with Gasteiger partial charge < -0.3 is 5.32 Å². The first-order chi connectivity index (χ1) is 12.9. The molecule has 3 aromatic rings. The van der Waals surface area contributed by atoms with Crippen molar-refractivity contribution in [1.29, 1.82) is 0 Å². The van der Waals surface area contributed by atoms with Crippen LogP contribution in [0.4, 0.5) is 5.69 Å². The van der Waals surface area contributed by atoms with E-state index in [4.69, 9.17) is 0 Å². The Balaban J connectivity index is 1.83. The van der Waals surface area contributed by atoms with E-state index >= 15 is 0 Å². The molecule has 0 fully saturated rings. The molecule has 7 heteroatoms. The summed E-state index contributed by atoms with van der Waals surface area (Å²) in [6.45, 7) is 1.93. The highest BCUT2D eigenvalue weighted by Crippen LogP contribution is 2.18. The summed E-state index contributed by atoms with van der Waals surface area (Å²) >= 11 is 1.11. The number of aryl methyl sites for hydroxylation is 1. The van der Waals surface area contributed by atoms with Crippen LogP contribution in [0.3, 0.4) is 0 Å². The molecule has 5 nitrogen and oxygen atoms in total. The number of hydrogen-bond donors (Lipinski definition) is 2. The van der Waals surface area contributed by atoms with Crippen LogP contribution in [-0.4, -0.2) is 20.4 Å².